The summed E-state index contributed by atoms with van der Waals surface area (Å²) in [6.07, 6.45) is 7.03. The van der Waals surface area contributed by atoms with Crippen LogP contribution in [0.4, 0.5) is 0 Å². The number of oxazole rings is 1. The zero-order valence-electron chi connectivity index (χ0n) is 15.0. The van der Waals surface area contributed by atoms with Crippen LogP contribution in [0.15, 0.2) is 65.1 Å². The zero-order valence-corrected chi connectivity index (χ0v) is 15.0. The van der Waals surface area contributed by atoms with Crippen LogP contribution in [0, 0.1) is 11.3 Å². The Balaban J connectivity index is 1.70. The van der Waals surface area contributed by atoms with Gasteiger partial charge >= 0.3 is 0 Å². The first kappa shape index (κ1) is 17.9. The van der Waals surface area contributed by atoms with E-state index in [9.17, 15) is 0 Å². The van der Waals surface area contributed by atoms with Gasteiger partial charge in [-0.2, -0.15) is 5.26 Å². The standard InChI is InChI=1S/C23H24N2O/c24-18-12-4-2-1-3-11-17-21-25-22(19-13-7-5-8-14-19)23(26-21)20-15-9-6-10-16-20/h5-10,13-16H,1-4,11-12,17H2. The van der Waals surface area contributed by atoms with E-state index in [4.69, 9.17) is 14.7 Å². The number of unbranched alkanes of at least 4 members (excludes halogenated alkanes) is 5. The third kappa shape index (κ3) is 4.83. The summed E-state index contributed by atoms with van der Waals surface area (Å²) in [4.78, 5) is 4.79. The van der Waals surface area contributed by atoms with E-state index < -0.39 is 0 Å². The molecule has 0 aliphatic rings. The van der Waals surface area contributed by atoms with Crippen LogP contribution in [0.5, 0.6) is 0 Å². The lowest BCUT2D eigenvalue weighted by atomic mass is 10.1. The maximum atomic E-state index is 8.56. The van der Waals surface area contributed by atoms with Gasteiger partial charge in [-0.1, -0.05) is 79.9 Å². The third-order valence-electron chi connectivity index (χ3n) is 4.43. The second-order valence-electron chi connectivity index (χ2n) is 6.44. The van der Waals surface area contributed by atoms with E-state index in [-0.39, 0.29) is 0 Å². The van der Waals surface area contributed by atoms with Crippen LogP contribution in [0.3, 0.4) is 0 Å². The second kappa shape index (κ2) is 9.58. The highest BCUT2D eigenvalue weighted by molar-refractivity contribution is 5.76. The van der Waals surface area contributed by atoms with Crippen LogP contribution in [0.1, 0.15) is 44.4 Å². The van der Waals surface area contributed by atoms with E-state index >= 15 is 0 Å². The summed E-state index contributed by atoms with van der Waals surface area (Å²) in [5.74, 6) is 1.65. The number of benzene rings is 2. The van der Waals surface area contributed by atoms with Crippen molar-refractivity contribution < 1.29 is 4.42 Å². The van der Waals surface area contributed by atoms with Gasteiger partial charge in [0, 0.05) is 24.0 Å². The Morgan fingerprint density at radius 3 is 2.08 bits per heavy atom. The van der Waals surface area contributed by atoms with Crippen molar-refractivity contribution in [3.05, 3.63) is 66.6 Å². The van der Waals surface area contributed by atoms with E-state index in [1.54, 1.807) is 0 Å². The molecular weight excluding hydrogens is 320 g/mol. The number of aryl methyl sites for hydroxylation is 1. The van der Waals surface area contributed by atoms with E-state index in [0.29, 0.717) is 6.42 Å². The molecule has 0 fully saturated rings. The van der Waals surface area contributed by atoms with Crippen molar-refractivity contribution in [1.82, 2.24) is 4.98 Å². The Labute approximate surface area is 155 Å². The van der Waals surface area contributed by atoms with Gasteiger partial charge in [0.15, 0.2) is 11.7 Å². The van der Waals surface area contributed by atoms with Crippen LogP contribution >= 0.6 is 0 Å². The van der Waals surface area contributed by atoms with Crippen LogP contribution in [-0.4, -0.2) is 4.98 Å². The molecular formula is C23H24N2O. The molecule has 132 valence electrons. The number of hydrogen-bond acceptors (Lipinski definition) is 3. The molecule has 0 saturated heterocycles. The van der Waals surface area contributed by atoms with Crippen LogP contribution < -0.4 is 0 Å². The van der Waals surface area contributed by atoms with Crippen molar-refractivity contribution in [3.8, 4) is 28.7 Å². The van der Waals surface area contributed by atoms with E-state index in [1.165, 1.54) is 6.42 Å². The quantitative estimate of drug-likeness (QED) is 0.421. The average molecular weight is 344 g/mol. The lowest BCUT2D eigenvalue weighted by Crippen LogP contribution is -1.87. The summed E-state index contributed by atoms with van der Waals surface area (Å²) < 4.78 is 6.15. The number of nitrogens with zero attached hydrogens (tertiary/aromatic N) is 2. The third-order valence-corrected chi connectivity index (χ3v) is 4.43. The van der Waals surface area contributed by atoms with Gasteiger partial charge in [0.05, 0.1) is 6.07 Å². The molecule has 0 N–H and O–H groups in total. The SMILES string of the molecule is N#CCCCCCCCc1nc(-c2ccccc2)c(-c2ccccc2)o1. The molecule has 0 radical (unpaired) electrons. The van der Waals surface area contributed by atoms with E-state index in [2.05, 4.69) is 30.3 Å². The van der Waals surface area contributed by atoms with Crippen molar-refractivity contribution in [1.29, 1.82) is 5.26 Å². The average Bonchev–Trinajstić information content (AvgIpc) is 3.13. The van der Waals surface area contributed by atoms with Gasteiger partial charge in [0.1, 0.15) is 5.69 Å². The number of nitriles is 1. The van der Waals surface area contributed by atoms with Crippen molar-refractivity contribution in [2.24, 2.45) is 0 Å². The van der Waals surface area contributed by atoms with E-state index in [0.717, 1.165) is 60.6 Å². The Bertz CT molecular complexity index is 775. The highest BCUT2D eigenvalue weighted by Gasteiger charge is 2.16. The Hall–Kier alpha value is -2.86. The minimum absolute atomic E-state index is 0.667. The molecule has 0 amide bonds. The molecule has 0 aliphatic heterocycles. The maximum Gasteiger partial charge on any atom is 0.195 e. The highest BCUT2D eigenvalue weighted by atomic mass is 16.4. The van der Waals surface area contributed by atoms with Crippen LogP contribution in [-0.2, 0) is 6.42 Å². The fourth-order valence-electron chi connectivity index (χ4n) is 3.06. The van der Waals surface area contributed by atoms with Crippen molar-refractivity contribution in [3.63, 3.8) is 0 Å². The fraction of sp³-hybridized carbons (Fsp3) is 0.304. The molecule has 3 nitrogen and oxygen atoms in total. The molecule has 0 saturated carbocycles. The lowest BCUT2D eigenvalue weighted by molar-refractivity contribution is 0.488. The van der Waals surface area contributed by atoms with Gasteiger partial charge in [-0.25, -0.2) is 4.98 Å². The summed E-state index contributed by atoms with van der Waals surface area (Å²) in [7, 11) is 0. The molecule has 0 bridgehead atoms. The molecule has 3 heteroatoms. The van der Waals surface area contributed by atoms with Gasteiger partial charge in [0.25, 0.3) is 0 Å². The summed E-state index contributed by atoms with van der Waals surface area (Å²) >= 11 is 0. The number of rotatable bonds is 9. The van der Waals surface area contributed by atoms with Crippen LogP contribution in [0.25, 0.3) is 22.6 Å². The van der Waals surface area contributed by atoms with Crippen molar-refractivity contribution in [2.45, 2.75) is 44.9 Å². The molecule has 0 spiro atoms. The highest BCUT2D eigenvalue weighted by Crippen LogP contribution is 2.32. The molecule has 26 heavy (non-hydrogen) atoms. The zero-order chi connectivity index (χ0) is 18.0. The van der Waals surface area contributed by atoms with Crippen molar-refractivity contribution >= 4 is 0 Å². The van der Waals surface area contributed by atoms with E-state index in [1.807, 2.05) is 36.4 Å². The molecule has 2 aromatic carbocycles. The molecule has 0 aliphatic carbocycles. The summed E-state index contributed by atoms with van der Waals surface area (Å²) in [6, 6.07) is 22.6. The first-order valence-corrected chi connectivity index (χ1v) is 9.36. The number of aromatic nitrogens is 1. The topological polar surface area (TPSA) is 49.8 Å². The minimum atomic E-state index is 0.667. The van der Waals surface area contributed by atoms with Gasteiger partial charge in [-0.05, 0) is 12.8 Å². The summed E-state index contributed by atoms with van der Waals surface area (Å²) in [5, 5.41) is 8.56. The summed E-state index contributed by atoms with van der Waals surface area (Å²) in [5.41, 5.74) is 3.06. The first-order valence-electron chi connectivity index (χ1n) is 9.36. The normalized spacial score (nSPS) is 10.6. The molecule has 3 rings (SSSR count). The Morgan fingerprint density at radius 1 is 0.769 bits per heavy atom. The predicted octanol–water partition coefficient (Wildman–Crippen LogP) is 6.42. The molecule has 1 heterocycles. The lowest BCUT2D eigenvalue weighted by Gasteiger charge is -2.00. The summed E-state index contributed by atoms with van der Waals surface area (Å²) in [6.45, 7) is 0. The van der Waals surface area contributed by atoms with Gasteiger partial charge in [-0.15, -0.1) is 0 Å². The first-order chi connectivity index (χ1) is 12.9. The molecule has 1 aromatic heterocycles. The largest absolute Gasteiger partial charge is 0.440 e. The number of hydrogen-bond donors (Lipinski definition) is 0. The Kier molecular flexibility index (Phi) is 6.61. The van der Waals surface area contributed by atoms with Gasteiger partial charge in [-0.3, -0.25) is 0 Å². The van der Waals surface area contributed by atoms with Crippen LogP contribution in [0.2, 0.25) is 0 Å². The minimum Gasteiger partial charge on any atom is -0.440 e. The maximum absolute atomic E-state index is 8.56. The van der Waals surface area contributed by atoms with Gasteiger partial charge < -0.3 is 4.42 Å². The monoisotopic (exact) mass is 344 g/mol. The second-order valence-corrected chi connectivity index (χ2v) is 6.44. The van der Waals surface area contributed by atoms with Gasteiger partial charge in [0.2, 0.25) is 0 Å². The fourth-order valence-corrected chi connectivity index (χ4v) is 3.06. The molecule has 0 atom stereocenters. The smallest absolute Gasteiger partial charge is 0.195 e. The molecule has 0 unspecified atom stereocenters. The predicted molar refractivity (Wildman–Crippen MR) is 104 cm³/mol. The molecule has 3 aromatic rings. The van der Waals surface area contributed by atoms with Crippen molar-refractivity contribution in [2.75, 3.05) is 0 Å². The Morgan fingerprint density at radius 2 is 1.38 bits per heavy atom.